The number of hydrogen-bond acceptors (Lipinski definition) is 9. The number of pyridine rings is 2. The highest BCUT2D eigenvalue weighted by atomic mass is 32.1. The lowest BCUT2D eigenvalue weighted by molar-refractivity contribution is 0.0987. The Bertz CT molecular complexity index is 1210. The predicted octanol–water partition coefficient (Wildman–Crippen LogP) is 3.34. The molecule has 1 fully saturated rings. The number of rotatable bonds is 5. The van der Waals surface area contributed by atoms with Gasteiger partial charge >= 0.3 is 0 Å². The number of aryl methyl sites for hydroxylation is 1. The topological polar surface area (TPSA) is 107 Å². The summed E-state index contributed by atoms with van der Waals surface area (Å²) in [6.07, 6.45) is 7.05. The lowest BCUT2D eigenvalue weighted by atomic mass is 9.98. The second-order valence-corrected chi connectivity index (χ2v) is 8.60. The van der Waals surface area contributed by atoms with Crippen molar-refractivity contribution in [1.29, 1.82) is 0 Å². The predicted molar refractivity (Wildman–Crippen MR) is 113 cm³/mol. The van der Waals surface area contributed by atoms with Gasteiger partial charge in [-0.1, -0.05) is 11.3 Å². The Morgan fingerprint density at radius 2 is 2.07 bits per heavy atom. The molecule has 1 N–H and O–H groups in total. The van der Waals surface area contributed by atoms with E-state index in [0.29, 0.717) is 17.3 Å². The maximum Gasteiger partial charge on any atom is 0.197 e. The number of Topliss-reactive ketones (excluding diaryl/α,β-unsaturated/α-hetero) is 1. The van der Waals surface area contributed by atoms with E-state index in [2.05, 4.69) is 30.5 Å². The number of carbonyl (C=O) groups excluding carboxylic acids is 1. The van der Waals surface area contributed by atoms with Gasteiger partial charge in [-0.25, -0.2) is 4.98 Å². The van der Waals surface area contributed by atoms with E-state index in [-0.39, 0.29) is 18.1 Å². The van der Waals surface area contributed by atoms with Crippen LogP contribution in [0.4, 0.5) is 0 Å². The van der Waals surface area contributed by atoms with Gasteiger partial charge in [-0.3, -0.25) is 14.8 Å². The Hall–Kier alpha value is -3.04. The van der Waals surface area contributed by atoms with Gasteiger partial charge in [0, 0.05) is 28.8 Å². The van der Waals surface area contributed by atoms with Crippen molar-refractivity contribution in [2.24, 2.45) is 0 Å². The Morgan fingerprint density at radius 1 is 1.20 bits per heavy atom. The number of nitrogens with zero attached hydrogens (tertiary/aromatic N) is 5. The highest BCUT2D eigenvalue weighted by molar-refractivity contribution is 7.14. The summed E-state index contributed by atoms with van der Waals surface area (Å²) in [7, 11) is 0. The molecular formula is C21H20N6O2S. The fourth-order valence-corrected chi connectivity index (χ4v) is 4.30. The first-order chi connectivity index (χ1) is 14.7. The van der Waals surface area contributed by atoms with Gasteiger partial charge in [0.15, 0.2) is 11.7 Å². The molecule has 0 bridgehead atoms. The zero-order valence-electron chi connectivity index (χ0n) is 16.5. The van der Waals surface area contributed by atoms with E-state index < -0.39 is 0 Å². The molecule has 0 spiro atoms. The first kappa shape index (κ1) is 19.0. The van der Waals surface area contributed by atoms with Crippen molar-refractivity contribution in [3.8, 4) is 10.6 Å². The molecule has 0 aliphatic carbocycles. The standard InChI is InChI=1S/C21H20N6O2S/c1-12-26-27-21(30-12)15-6-14-7-16(23-10-17(14)24-9-15)8-19(28)18-11-29-20(25-18)13-2-4-22-5-3-13/h6-7,9-11,13,22H,2-5,8H2,1H3. The van der Waals surface area contributed by atoms with Crippen LogP contribution in [0.15, 0.2) is 35.2 Å². The van der Waals surface area contributed by atoms with Crippen molar-refractivity contribution in [3.63, 3.8) is 0 Å². The van der Waals surface area contributed by atoms with Crippen molar-refractivity contribution in [2.45, 2.75) is 32.1 Å². The number of carbonyl (C=O) groups is 1. The van der Waals surface area contributed by atoms with Crippen LogP contribution in [0.3, 0.4) is 0 Å². The molecule has 30 heavy (non-hydrogen) atoms. The Kier molecular flexibility index (Phi) is 5.06. The second-order valence-electron chi connectivity index (χ2n) is 7.41. The summed E-state index contributed by atoms with van der Waals surface area (Å²) in [4.78, 5) is 26.0. The highest BCUT2D eigenvalue weighted by Gasteiger charge is 2.22. The molecule has 0 atom stereocenters. The maximum atomic E-state index is 12.7. The molecule has 0 unspecified atom stereocenters. The third kappa shape index (κ3) is 3.86. The van der Waals surface area contributed by atoms with E-state index in [1.54, 1.807) is 12.4 Å². The quantitative estimate of drug-likeness (QED) is 0.490. The van der Waals surface area contributed by atoms with Gasteiger partial charge in [0.1, 0.15) is 22.0 Å². The van der Waals surface area contributed by atoms with E-state index in [9.17, 15) is 4.79 Å². The van der Waals surface area contributed by atoms with Gasteiger partial charge in [0.05, 0.1) is 18.1 Å². The monoisotopic (exact) mass is 420 g/mol. The number of ketones is 1. The molecule has 4 aromatic heterocycles. The average molecular weight is 420 g/mol. The fraction of sp³-hybridized carbons (Fsp3) is 0.333. The molecule has 1 saturated heterocycles. The van der Waals surface area contributed by atoms with Crippen molar-refractivity contribution in [1.82, 2.24) is 30.5 Å². The van der Waals surface area contributed by atoms with Crippen LogP contribution < -0.4 is 5.32 Å². The third-order valence-electron chi connectivity index (χ3n) is 5.23. The average Bonchev–Trinajstić information content (AvgIpc) is 3.43. The second kappa shape index (κ2) is 8.00. The zero-order chi connectivity index (χ0) is 20.5. The molecule has 0 aromatic carbocycles. The molecule has 4 aromatic rings. The van der Waals surface area contributed by atoms with E-state index in [4.69, 9.17) is 4.42 Å². The van der Waals surface area contributed by atoms with Gasteiger partial charge in [-0.05, 0) is 45.0 Å². The first-order valence-electron chi connectivity index (χ1n) is 9.90. The minimum atomic E-state index is -0.102. The van der Waals surface area contributed by atoms with Crippen LogP contribution in [0.5, 0.6) is 0 Å². The highest BCUT2D eigenvalue weighted by Crippen LogP contribution is 2.26. The minimum absolute atomic E-state index is 0.102. The van der Waals surface area contributed by atoms with Crippen molar-refractivity contribution < 1.29 is 9.21 Å². The number of piperidine rings is 1. The van der Waals surface area contributed by atoms with Gasteiger partial charge < -0.3 is 9.73 Å². The summed E-state index contributed by atoms with van der Waals surface area (Å²) >= 11 is 1.52. The molecular weight excluding hydrogens is 400 g/mol. The first-order valence-corrected chi connectivity index (χ1v) is 10.7. The van der Waals surface area contributed by atoms with Crippen LogP contribution in [0.25, 0.3) is 21.5 Å². The van der Waals surface area contributed by atoms with Crippen molar-refractivity contribution >= 4 is 28.0 Å². The van der Waals surface area contributed by atoms with Crippen molar-refractivity contribution in [3.05, 3.63) is 53.1 Å². The number of nitrogens with one attached hydrogen (secondary N) is 1. The van der Waals surface area contributed by atoms with Crippen LogP contribution in [0, 0.1) is 6.92 Å². The summed E-state index contributed by atoms with van der Waals surface area (Å²) in [6.45, 7) is 3.82. The molecule has 9 heteroatoms. The molecule has 1 aliphatic rings. The zero-order valence-corrected chi connectivity index (χ0v) is 17.3. The van der Waals surface area contributed by atoms with Gasteiger partial charge in [-0.2, -0.15) is 0 Å². The number of oxazole rings is 1. The lowest BCUT2D eigenvalue weighted by Gasteiger charge is -2.19. The summed E-state index contributed by atoms with van der Waals surface area (Å²) in [6, 6.07) is 3.90. The third-order valence-corrected chi connectivity index (χ3v) is 6.12. The minimum Gasteiger partial charge on any atom is -0.448 e. The van der Waals surface area contributed by atoms with Gasteiger partial charge in [-0.15, -0.1) is 10.2 Å². The van der Waals surface area contributed by atoms with Crippen LogP contribution >= 0.6 is 11.3 Å². The van der Waals surface area contributed by atoms with Gasteiger partial charge in [0.25, 0.3) is 0 Å². The van der Waals surface area contributed by atoms with Crippen LogP contribution in [-0.2, 0) is 6.42 Å². The Morgan fingerprint density at radius 3 is 2.87 bits per heavy atom. The largest absolute Gasteiger partial charge is 0.448 e. The summed E-state index contributed by atoms with van der Waals surface area (Å²) in [5, 5.41) is 14.2. The molecule has 0 radical (unpaired) electrons. The van der Waals surface area contributed by atoms with Crippen LogP contribution in [0.1, 0.15) is 45.8 Å². The van der Waals surface area contributed by atoms with Gasteiger partial charge in [0.2, 0.25) is 0 Å². The molecule has 8 nitrogen and oxygen atoms in total. The van der Waals surface area contributed by atoms with Crippen LogP contribution in [-0.4, -0.2) is 44.0 Å². The van der Waals surface area contributed by atoms with E-state index in [1.807, 2.05) is 19.1 Å². The fourth-order valence-electron chi connectivity index (χ4n) is 3.63. The normalized spacial score (nSPS) is 15.0. The molecule has 152 valence electrons. The van der Waals surface area contributed by atoms with Crippen LogP contribution in [0.2, 0.25) is 0 Å². The number of aromatic nitrogens is 5. The summed E-state index contributed by atoms with van der Waals surface area (Å²) in [5.74, 6) is 0.835. The molecule has 1 aliphatic heterocycles. The molecule has 5 rings (SSSR count). The summed E-state index contributed by atoms with van der Waals surface area (Å²) < 4.78 is 5.60. The Labute approximate surface area is 176 Å². The van der Waals surface area contributed by atoms with E-state index >= 15 is 0 Å². The molecule has 0 amide bonds. The number of hydrogen-bond donors (Lipinski definition) is 1. The number of fused-ring (bicyclic) bond motifs is 1. The molecule has 5 heterocycles. The van der Waals surface area contributed by atoms with Crippen molar-refractivity contribution in [2.75, 3.05) is 13.1 Å². The maximum absolute atomic E-state index is 12.7. The molecule has 0 saturated carbocycles. The summed E-state index contributed by atoms with van der Waals surface area (Å²) in [5.41, 5.74) is 2.71. The van der Waals surface area contributed by atoms with E-state index in [1.165, 1.54) is 17.6 Å². The smallest absolute Gasteiger partial charge is 0.197 e. The SMILES string of the molecule is Cc1nnc(-c2cnc3cnc(CC(=O)c4coc(C5CCNCC5)n4)cc3c2)s1. The van der Waals surface area contributed by atoms with E-state index in [0.717, 1.165) is 52.4 Å². The lowest BCUT2D eigenvalue weighted by Crippen LogP contribution is -2.26. The Balaban J connectivity index is 1.35.